The first-order valence-electron chi connectivity index (χ1n) is 5.99. The number of carbonyl (C=O) groups is 1. The molecule has 1 unspecified atom stereocenters. The Hall–Kier alpha value is -1.36. The molecule has 1 saturated heterocycles. The lowest BCUT2D eigenvalue weighted by Gasteiger charge is -2.09. The van der Waals surface area contributed by atoms with E-state index in [9.17, 15) is 4.79 Å². The molecule has 1 aliphatic rings. The Morgan fingerprint density at radius 2 is 2.35 bits per heavy atom. The standard InChI is InChI=1S/C12H18N2O3/c1-8-10(9(2)17-14-8)5-6-13-12(15)11-4-3-7-16-11/h11H,3-7H2,1-2H3,(H,13,15). The number of amides is 1. The van der Waals surface area contributed by atoms with Gasteiger partial charge in [0.1, 0.15) is 11.9 Å². The average Bonchev–Trinajstić information content (AvgIpc) is 2.93. The molecule has 1 aliphatic heterocycles. The van der Waals surface area contributed by atoms with E-state index in [4.69, 9.17) is 9.26 Å². The smallest absolute Gasteiger partial charge is 0.249 e. The van der Waals surface area contributed by atoms with E-state index in [1.54, 1.807) is 0 Å². The molecule has 17 heavy (non-hydrogen) atoms. The van der Waals surface area contributed by atoms with Gasteiger partial charge in [-0.05, 0) is 33.1 Å². The fraction of sp³-hybridized carbons (Fsp3) is 0.667. The fourth-order valence-electron chi connectivity index (χ4n) is 2.07. The van der Waals surface area contributed by atoms with Gasteiger partial charge in [-0.2, -0.15) is 0 Å². The third-order valence-electron chi connectivity index (χ3n) is 3.08. The molecule has 2 rings (SSSR count). The molecule has 1 fully saturated rings. The lowest BCUT2D eigenvalue weighted by molar-refractivity contribution is -0.129. The highest BCUT2D eigenvalue weighted by Gasteiger charge is 2.23. The summed E-state index contributed by atoms with van der Waals surface area (Å²) in [6, 6.07) is 0. The molecule has 5 nitrogen and oxygen atoms in total. The summed E-state index contributed by atoms with van der Waals surface area (Å²) in [5.41, 5.74) is 1.98. The molecule has 1 atom stereocenters. The van der Waals surface area contributed by atoms with Gasteiger partial charge in [0, 0.05) is 18.7 Å². The summed E-state index contributed by atoms with van der Waals surface area (Å²) >= 11 is 0. The summed E-state index contributed by atoms with van der Waals surface area (Å²) in [5.74, 6) is 0.822. The van der Waals surface area contributed by atoms with Crippen LogP contribution >= 0.6 is 0 Å². The molecule has 1 aromatic heterocycles. The number of carbonyl (C=O) groups excluding carboxylic acids is 1. The first-order chi connectivity index (χ1) is 8.18. The van der Waals surface area contributed by atoms with E-state index in [1.165, 1.54) is 0 Å². The van der Waals surface area contributed by atoms with E-state index < -0.39 is 0 Å². The zero-order valence-corrected chi connectivity index (χ0v) is 10.3. The van der Waals surface area contributed by atoms with Crippen LogP contribution in [0.5, 0.6) is 0 Å². The van der Waals surface area contributed by atoms with Gasteiger partial charge in [-0.25, -0.2) is 0 Å². The van der Waals surface area contributed by atoms with Crippen LogP contribution in [0.15, 0.2) is 4.52 Å². The van der Waals surface area contributed by atoms with Gasteiger partial charge >= 0.3 is 0 Å². The first kappa shape index (κ1) is 12.1. The number of hydrogen-bond donors (Lipinski definition) is 1. The zero-order valence-electron chi connectivity index (χ0n) is 10.3. The van der Waals surface area contributed by atoms with Crippen LogP contribution in [-0.4, -0.2) is 30.3 Å². The summed E-state index contributed by atoms with van der Waals surface area (Å²) < 4.78 is 10.4. The second-order valence-corrected chi connectivity index (χ2v) is 4.35. The molecule has 0 saturated carbocycles. The molecule has 1 N–H and O–H groups in total. The molecular weight excluding hydrogens is 220 g/mol. The number of hydrogen-bond acceptors (Lipinski definition) is 4. The normalized spacial score (nSPS) is 19.5. The van der Waals surface area contributed by atoms with Crippen LogP contribution in [-0.2, 0) is 16.0 Å². The summed E-state index contributed by atoms with van der Waals surface area (Å²) in [4.78, 5) is 11.7. The van der Waals surface area contributed by atoms with E-state index >= 15 is 0 Å². The Kier molecular flexibility index (Phi) is 3.78. The lowest BCUT2D eigenvalue weighted by atomic mass is 10.1. The molecule has 0 spiro atoms. The van der Waals surface area contributed by atoms with Crippen molar-refractivity contribution in [2.75, 3.05) is 13.2 Å². The summed E-state index contributed by atoms with van der Waals surface area (Å²) in [6.45, 7) is 5.09. The van der Waals surface area contributed by atoms with E-state index in [2.05, 4.69) is 10.5 Å². The van der Waals surface area contributed by atoms with E-state index in [0.29, 0.717) is 13.2 Å². The van der Waals surface area contributed by atoms with Crippen molar-refractivity contribution in [2.45, 2.75) is 39.2 Å². The number of nitrogens with zero attached hydrogens (tertiary/aromatic N) is 1. The molecule has 0 bridgehead atoms. The second-order valence-electron chi connectivity index (χ2n) is 4.35. The predicted molar refractivity (Wildman–Crippen MR) is 61.7 cm³/mol. The van der Waals surface area contributed by atoms with Crippen molar-refractivity contribution in [3.8, 4) is 0 Å². The maximum Gasteiger partial charge on any atom is 0.249 e. The summed E-state index contributed by atoms with van der Waals surface area (Å²) in [6.07, 6.45) is 2.30. The number of aryl methyl sites for hydroxylation is 2. The monoisotopic (exact) mass is 238 g/mol. The average molecular weight is 238 g/mol. The van der Waals surface area contributed by atoms with Gasteiger partial charge in [-0.1, -0.05) is 5.16 Å². The van der Waals surface area contributed by atoms with Crippen molar-refractivity contribution in [1.29, 1.82) is 0 Å². The van der Waals surface area contributed by atoms with Crippen LogP contribution in [0.4, 0.5) is 0 Å². The largest absolute Gasteiger partial charge is 0.368 e. The number of ether oxygens (including phenoxy) is 1. The van der Waals surface area contributed by atoms with Crippen molar-refractivity contribution < 1.29 is 14.1 Å². The van der Waals surface area contributed by atoms with Crippen LogP contribution in [0.1, 0.15) is 29.9 Å². The minimum atomic E-state index is -0.250. The van der Waals surface area contributed by atoms with Crippen molar-refractivity contribution in [1.82, 2.24) is 10.5 Å². The zero-order chi connectivity index (χ0) is 12.3. The van der Waals surface area contributed by atoms with Gasteiger partial charge < -0.3 is 14.6 Å². The van der Waals surface area contributed by atoms with Gasteiger partial charge in [0.05, 0.1) is 5.69 Å². The third kappa shape index (κ3) is 2.85. The molecule has 0 aromatic carbocycles. The van der Waals surface area contributed by atoms with Gasteiger partial charge in [-0.3, -0.25) is 4.79 Å². The quantitative estimate of drug-likeness (QED) is 0.854. The van der Waals surface area contributed by atoms with Gasteiger partial charge in [0.15, 0.2) is 0 Å². The van der Waals surface area contributed by atoms with Gasteiger partial charge in [-0.15, -0.1) is 0 Å². The van der Waals surface area contributed by atoms with Crippen molar-refractivity contribution in [3.63, 3.8) is 0 Å². The number of rotatable bonds is 4. The van der Waals surface area contributed by atoms with Gasteiger partial charge in [0.2, 0.25) is 5.91 Å². The predicted octanol–water partition coefficient (Wildman–Crippen LogP) is 1.13. The first-order valence-corrected chi connectivity index (χ1v) is 5.99. The Morgan fingerprint density at radius 1 is 1.53 bits per heavy atom. The molecular formula is C12H18N2O3. The molecule has 94 valence electrons. The Labute approximate surface area is 101 Å². The van der Waals surface area contributed by atoms with Crippen LogP contribution in [0.3, 0.4) is 0 Å². The molecule has 0 radical (unpaired) electrons. The van der Waals surface area contributed by atoms with E-state index in [1.807, 2.05) is 13.8 Å². The fourth-order valence-corrected chi connectivity index (χ4v) is 2.07. The highest BCUT2D eigenvalue weighted by Crippen LogP contribution is 2.13. The van der Waals surface area contributed by atoms with Gasteiger partial charge in [0.25, 0.3) is 0 Å². The number of nitrogens with one attached hydrogen (secondary N) is 1. The van der Waals surface area contributed by atoms with Crippen LogP contribution in [0, 0.1) is 13.8 Å². The van der Waals surface area contributed by atoms with E-state index in [0.717, 1.165) is 36.3 Å². The Balaban J connectivity index is 1.77. The lowest BCUT2D eigenvalue weighted by Crippen LogP contribution is -2.35. The maximum atomic E-state index is 11.7. The highest BCUT2D eigenvalue weighted by molar-refractivity contribution is 5.80. The molecule has 0 aliphatic carbocycles. The van der Waals surface area contributed by atoms with Crippen molar-refractivity contribution >= 4 is 5.91 Å². The topological polar surface area (TPSA) is 64.4 Å². The van der Waals surface area contributed by atoms with Crippen molar-refractivity contribution in [3.05, 3.63) is 17.0 Å². The highest BCUT2D eigenvalue weighted by atomic mass is 16.5. The van der Waals surface area contributed by atoms with E-state index in [-0.39, 0.29) is 12.0 Å². The minimum absolute atomic E-state index is 0.00531. The number of aromatic nitrogens is 1. The third-order valence-corrected chi connectivity index (χ3v) is 3.08. The molecule has 5 heteroatoms. The molecule has 2 heterocycles. The van der Waals surface area contributed by atoms with Crippen LogP contribution in [0.25, 0.3) is 0 Å². The van der Waals surface area contributed by atoms with Crippen molar-refractivity contribution in [2.24, 2.45) is 0 Å². The maximum absolute atomic E-state index is 11.7. The Bertz CT molecular complexity index is 375. The van der Waals surface area contributed by atoms with Crippen LogP contribution < -0.4 is 5.32 Å². The minimum Gasteiger partial charge on any atom is -0.368 e. The second kappa shape index (κ2) is 5.31. The van der Waals surface area contributed by atoms with Crippen LogP contribution in [0.2, 0.25) is 0 Å². The Morgan fingerprint density at radius 3 is 2.94 bits per heavy atom. The SMILES string of the molecule is Cc1noc(C)c1CCNC(=O)C1CCCO1. The summed E-state index contributed by atoms with van der Waals surface area (Å²) in [5, 5.41) is 6.76. The molecule has 1 amide bonds. The summed E-state index contributed by atoms with van der Waals surface area (Å²) in [7, 11) is 0. The molecule has 1 aromatic rings.